The molecule has 226 valence electrons. The zero-order valence-corrected chi connectivity index (χ0v) is 23.9. The van der Waals surface area contributed by atoms with Crippen LogP contribution in [-0.2, 0) is 9.53 Å². The lowest BCUT2D eigenvalue weighted by Crippen LogP contribution is -2.47. The molecule has 2 fully saturated rings. The molecule has 1 saturated heterocycles. The number of rotatable bonds is 6. The van der Waals surface area contributed by atoms with E-state index in [1.54, 1.807) is 27.7 Å². The van der Waals surface area contributed by atoms with Crippen molar-refractivity contribution in [3.63, 3.8) is 0 Å². The fourth-order valence-electron chi connectivity index (χ4n) is 6.02. The maximum absolute atomic E-state index is 14.0. The van der Waals surface area contributed by atoms with Gasteiger partial charge in [0.05, 0.1) is 17.3 Å². The highest BCUT2D eigenvalue weighted by Gasteiger charge is 2.44. The Labute approximate surface area is 249 Å². The quantitative estimate of drug-likeness (QED) is 0.262. The van der Waals surface area contributed by atoms with E-state index in [1.165, 1.54) is 0 Å². The number of anilines is 2. The topological polar surface area (TPSA) is 123 Å². The Kier molecular flexibility index (Phi) is 7.86. The van der Waals surface area contributed by atoms with Crippen LogP contribution in [0.25, 0.3) is 27.3 Å². The number of alkyl halides is 3. The summed E-state index contributed by atoms with van der Waals surface area (Å²) in [5.74, 6) is -3.03. The van der Waals surface area contributed by atoms with Gasteiger partial charge in [0.25, 0.3) is 0 Å². The first-order valence-electron chi connectivity index (χ1n) is 14.2. The molecule has 0 spiro atoms. The number of carboxylic acid groups (broad SMARTS) is 1. The number of thiophene rings is 1. The largest absolute Gasteiger partial charge is 0.477 e. The number of aromatic nitrogens is 3. The monoisotopic (exact) mass is 613 g/mol. The molecule has 4 heterocycles. The lowest BCUT2D eigenvalue weighted by Gasteiger charge is -2.38. The molecule has 0 bridgehead atoms. The van der Waals surface area contributed by atoms with Crippen LogP contribution in [0, 0.1) is 11.8 Å². The van der Waals surface area contributed by atoms with Gasteiger partial charge >= 0.3 is 12.1 Å². The standard InChI is InChI=1S/C30H30F3N5O4S/c31-30(32,33)20-7-5-19(6-8-20)28(39)37(21-10-13-42-14-11-21)23-16-24(43-27(23)29(40)41)18-3-1-17(2-4-18)22-15-26-35-12-9-25(34)38(26)36-22/h1-4,9,12,15-16,19-21H,5-8,10-11,13-14,34H2,(H,40,41). The minimum absolute atomic E-state index is 0.0183. The van der Waals surface area contributed by atoms with Crippen LogP contribution in [0.4, 0.5) is 24.7 Å². The van der Waals surface area contributed by atoms with Crippen LogP contribution >= 0.6 is 11.3 Å². The number of nitrogens with two attached hydrogens (primary N) is 1. The van der Waals surface area contributed by atoms with Gasteiger partial charge in [-0.25, -0.2) is 9.78 Å². The number of fused-ring (bicyclic) bond motifs is 1. The van der Waals surface area contributed by atoms with Crippen LogP contribution in [0.3, 0.4) is 0 Å². The van der Waals surface area contributed by atoms with Crippen LogP contribution in [-0.4, -0.2) is 57.0 Å². The number of carbonyl (C=O) groups is 2. The summed E-state index contributed by atoms with van der Waals surface area (Å²) in [6.45, 7) is 0.834. The van der Waals surface area contributed by atoms with E-state index in [4.69, 9.17) is 10.5 Å². The first kappa shape index (κ1) is 29.1. The van der Waals surface area contributed by atoms with Gasteiger partial charge in [0.1, 0.15) is 10.7 Å². The molecule has 2 aliphatic rings. The van der Waals surface area contributed by atoms with E-state index in [0.29, 0.717) is 48.1 Å². The SMILES string of the molecule is Nc1ccnc2cc(-c3ccc(-c4cc(N(C(=O)C5CCC(C(F)(F)F)CC5)C5CCOCC5)c(C(=O)O)s4)cc3)nn12. The van der Waals surface area contributed by atoms with Gasteiger partial charge in [0.15, 0.2) is 5.65 Å². The number of ether oxygens (including phenoxy) is 1. The number of carbonyl (C=O) groups excluding carboxylic acids is 1. The molecule has 1 amide bonds. The number of amides is 1. The first-order valence-corrected chi connectivity index (χ1v) is 15.0. The van der Waals surface area contributed by atoms with Crippen LogP contribution < -0.4 is 10.6 Å². The second-order valence-corrected chi connectivity index (χ2v) is 12.1. The number of nitrogen functional groups attached to an aromatic ring is 1. The van der Waals surface area contributed by atoms with Gasteiger partial charge in [0.2, 0.25) is 5.91 Å². The second kappa shape index (κ2) is 11.6. The Morgan fingerprint density at radius 1 is 1.00 bits per heavy atom. The molecule has 1 aliphatic heterocycles. The van der Waals surface area contributed by atoms with Crippen molar-refractivity contribution in [2.24, 2.45) is 11.8 Å². The number of halogens is 3. The minimum Gasteiger partial charge on any atom is -0.477 e. The number of nitrogens with zero attached hydrogens (tertiary/aromatic N) is 4. The Balaban J connectivity index is 1.31. The van der Waals surface area contributed by atoms with E-state index in [1.807, 2.05) is 30.3 Å². The lowest BCUT2D eigenvalue weighted by molar-refractivity contribution is -0.184. The highest BCUT2D eigenvalue weighted by atomic mass is 32.1. The van der Waals surface area contributed by atoms with E-state index >= 15 is 0 Å². The van der Waals surface area contributed by atoms with Crippen LogP contribution in [0.1, 0.15) is 48.2 Å². The number of benzene rings is 1. The molecular weight excluding hydrogens is 583 g/mol. The zero-order chi connectivity index (χ0) is 30.3. The summed E-state index contributed by atoms with van der Waals surface area (Å²) in [4.78, 5) is 32.9. The normalized spacial score (nSPS) is 19.9. The molecule has 13 heteroatoms. The van der Waals surface area contributed by atoms with Gasteiger partial charge in [-0.15, -0.1) is 11.3 Å². The maximum Gasteiger partial charge on any atom is 0.391 e. The molecule has 3 aromatic heterocycles. The van der Waals surface area contributed by atoms with Crippen molar-refractivity contribution in [2.45, 2.75) is 50.7 Å². The van der Waals surface area contributed by atoms with Crippen LogP contribution in [0.2, 0.25) is 0 Å². The predicted molar refractivity (Wildman–Crippen MR) is 156 cm³/mol. The van der Waals surface area contributed by atoms with Crippen LogP contribution in [0.5, 0.6) is 0 Å². The Hall–Kier alpha value is -3.97. The summed E-state index contributed by atoms with van der Waals surface area (Å²) in [6, 6.07) is 12.3. The highest BCUT2D eigenvalue weighted by Crippen LogP contribution is 2.43. The summed E-state index contributed by atoms with van der Waals surface area (Å²) >= 11 is 1.07. The molecule has 3 N–H and O–H groups in total. The average Bonchev–Trinajstić information content (AvgIpc) is 3.64. The molecule has 1 aromatic carbocycles. The average molecular weight is 614 g/mol. The van der Waals surface area contributed by atoms with Crippen molar-refractivity contribution in [3.8, 4) is 21.7 Å². The Morgan fingerprint density at radius 2 is 1.67 bits per heavy atom. The molecule has 6 rings (SSSR count). The van der Waals surface area contributed by atoms with Crippen molar-refractivity contribution >= 4 is 40.4 Å². The maximum atomic E-state index is 14.0. The number of carboxylic acids is 1. The summed E-state index contributed by atoms with van der Waals surface area (Å²) in [5.41, 5.74) is 9.14. The Morgan fingerprint density at radius 3 is 2.30 bits per heavy atom. The molecule has 9 nitrogen and oxygen atoms in total. The second-order valence-electron chi connectivity index (χ2n) is 11.0. The predicted octanol–water partition coefficient (Wildman–Crippen LogP) is 6.29. The number of aromatic carboxylic acids is 1. The third-order valence-electron chi connectivity index (χ3n) is 8.35. The summed E-state index contributed by atoms with van der Waals surface area (Å²) in [6.07, 6.45) is -1.62. The Bertz CT molecular complexity index is 1640. The molecule has 1 saturated carbocycles. The fraction of sp³-hybridized carbons (Fsp3) is 0.400. The van der Waals surface area contributed by atoms with Gasteiger partial charge in [-0.05, 0) is 56.2 Å². The molecule has 43 heavy (non-hydrogen) atoms. The van der Waals surface area contributed by atoms with Gasteiger partial charge in [-0.1, -0.05) is 24.3 Å². The first-order chi connectivity index (χ1) is 20.6. The summed E-state index contributed by atoms with van der Waals surface area (Å²) < 4.78 is 46.9. The van der Waals surface area contributed by atoms with Gasteiger partial charge < -0.3 is 20.5 Å². The van der Waals surface area contributed by atoms with Crippen molar-refractivity contribution in [1.82, 2.24) is 14.6 Å². The van der Waals surface area contributed by atoms with Crippen molar-refractivity contribution < 1.29 is 32.6 Å². The van der Waals surface area contributed by atoms with Gasteiger partial charge in [0, 0.05) is 47.9 Å². The lowest BCUT2D eigenvalue weighted by atomic mass is 9.80. The van der Waals surface area contributed by atoms with E-state index in [0.717, 1.165) is 22.5 Å². The van der Waals surface area contributed by atoms with Crippen LogP contribution in [0.15, 0.2) is 48.7 Å². The molecule has 4 aromatic rings. The fourth-order valence-corrected chi connectivity index (χ4v) is 7.01. The molecule has 0 unspecified atom stereocenters. The third-order valence-corrected chi connectivity index (χ3v) is 9.51. The zero-order valence-electron chi connectivity index (χ0n) is 23.1. The number of hydrogen-bond donors (Lipinski definition) is 2. The van der Waals surface area contributed by atoms with E-state index in [2.05, 4.69) is 10.1 Å². The van der Waals surface area contributed by atoms with Gasteiger partial charge in [-0.3, -0.25) is 4.79 Å². The molecule has 0 atom stereocenters. The van der Waals surface area contributed by atoms with Gasteiger partial charge in [-0.2, -0.15) is 22.8 Å². The summed E-state index contributed by atoms with van der Waals surface area (Å²) in [7, 11) is 0. The van der Waals surface area contributed by atoms with Crippen molar-refractivity contribution in [3.05, 3.63) is 53.5 Å². The highest BCUT2D eigenvalue weighted by molar-refractivity contribution is 7.18. The van der Waals surface area contributed by atoms with Crippen molar-refractivity contribution in [1.29, 1.82) is 0 Å². The molecule has 1 aliphatic carbocycles. The smallest absolute Gasteiger partial charge is 0.391 e. The number of hydrogen-bond acceptors (Lipinski definition) is 7. The van der Waals surface area contributed by atoms with Crippen molar-refractivity contribution in [2.75, 3.05) is 23.8 Å². The van der Waals surface area contributed by atoms with E-state index in [9.17, 15) is 27.9 Å². The van der Waals surface area contributed by atoms with E-state index in [-0.39, 0.29) is 48.2 Å². The third kappa shape index (κ3) is 5.83. The minimum atomic E-state index is -4.28. The van der Waals surface area contributed by atoms with E-state index < -0.39 is 24.0 Å². The molecular formula is C30H30F3N5O4S. The molecule has 0 radical (unpaired) electrons. The summed E-state index contributed by atoms with van der Waals surface area (Å²) in [5, 5.41) is 14.7.